The van der Waals surface area contributed by atoms with Crippen molar-refractivity contribution in [2.45, 2.75) is 12.2 Å². The van der Waals surface area contributed by atoms with Gasteiger partial charge in [0.15, 0.2) is 0 Å². The molecule has 1 atom stereocenters. The first kappa shape index (κ1) is 14.8. The Hall–Kier alpha value is -1.60. The van der Waals surface area contributed by atoms with Gasteiger partial charge in [-0.3, -0.25) is 4.90 Å². The lowest BCUT2D eigenvalue weighted by molar-refractivity contribution is -0.226. The Bertz CT molecular complexity index is 464. The summed E-state index contributed by atoms with van der Waals surface area (Å²) in [6.07, 6.45) is -4.34. The van der Waals surface area contributed by atoms with Crippen molar-refractivity contribution in [3.8, 4) is 0 Å². The predicted octanol–water partition coefficient (Wildman–Crippen LogP) is 1.94. The molecule has 1 aliphatic heterocycles. The molecule has 0 N–H and O–H groups in total. The van der Waals surface area contributed by atoms with Crippen molar-refractivity contribution in [3.63, 3.8) is 0 Å². The molecule has 20 heavy (non-hydrogen) atoms. The minimum Gasteiger partial charge on any atom is -0.364 e. The minimum atomic E-state index is -4.34. The number of likely N-dealkylation sites (N-methyl/N-ethyl adjacent to an activating group) is 1. The van der Waals surface area contributed by atoms with E-state index in [4.69, 9.17) is 4.84 Å². The van der Waals surface area contributed by atoms with E-state index in [0.717, 1.165) is 5.06 Å². The molecule has 1 fully saturated rings. The average Bonchev–Trinajstić information content (AvgIpc) is 2.40. The van der Waals surface area contributed by atoms with Crippen LogP contribution >= 0.6 is 0 Å². The summed E-state index contributed by atoms with van der Waals surface area (Å²) in [7, 11) is 1.41. The highest BCUT2D eigenvalue weighted by molar-refractivity contribution is 5.89. The molecule has 0 spiro atoms. The lowest BCUT2D eigenvalue weighted by Crippen LogP contribution is -2.57. The van der Waals surface area contributed by atoms with E-state index >= 15 is 0 Å². The van der Waals surface area contributed by atoms with Crippen LogP contribution < -0.4 is 0 Å². The number of piperazine rings is 1. The number of carbonyl (C=O) groups excluding carboxylic acids is 1. The van der Waals surface area contributed by atoms with Crippen molar-refractivity contribution in [2.24, 2.45) is 0 Å². The number of nitrogens with zero attached hydrogens (tertiary/aromatic N) is 2. The summed E-state index contributed by atoms with van der Waals surface area (Å²) >= 11 is 0. The molecule has 7 heteroatoms. The molecule has 1 saturated heterocycles. The van der Waals surface area contributed by atoms with Crippen molar-refractivity contribution in [3.05, 3.63) is 35.9 Å². The third-order valence-electron chi connectivity index (χ3n) is 3.21. The molecule has 1 aromatic carbocycles. The molecule has 0 amide bonds. The summed E-state index contributed by atoms with van der Waals surface area (Å²) in [4.78, 5) is 18.0. The monoisotopic (exact) mass is 288 g/mol. The molecular formula is C13H15F3N2O2. The Kier molecular flexibility index (Phi) is 4.29. The van der Waals surface area contributed by atoms with Crippen LogP contribution in [0, 0.1) is 0 Å². The van der Waals surface area contributed by atoms with Crippen molar-refractivity contribution in [2.75, 3.05) is 26.7 Å². The fraction of sp³-hybridized carbons (Fsp3) is 0.462. The van der Waals surface area contributed by atoms with Crippen LogP contribution in [0.1, 0.15) is 10.4 Å². The highest BCUT2D eigenvalue weighted by Gasteiger charge is 2.45. The van der Waals surface area contributed by atoms with E-state index in [0.29, 0.717) is 5.56 Å². The molecule has 2 rings (SSSR count). The Balaban J connectivity index is 1.99. The maximum atomic E-state index is 12.8. The first-order chi connectivity index (χ1) is 9.38. The van der Waals surface area contributed by atoms with Gasteiger partial charge in [-0.05, 0) is 19.2 Å². The van der Waals surface area contributed by atoms with Gasteiger partial charge in [0.1, 0.15) is 6.04 Å². The Morgan fingerprint density at radius 1 is 1.25 bits per heavy atom. The van der Waals surface area contributed by atoms with E-state index in [1.807, 2.05) is 0 Å². The van der Waals surface area contributed by atoms with E-state index < -0.39 is 18.2 Å². The Morgan fingerprint density at radius 2 is 1.90 bits per heavy atom. The molecule has 0 aliphatic carbocycles. The lowest BCUT2D eigenvalue weighted by atomic mass is 10.2. The van der Waals surface area contributed by atoms with Crippen LogP contribution in [0.3, 0.4) is 0 Å². The van der Waals surface area contributed by atoms with E-state index in [1.54, 1.807) is 30.3 Å². The maximum Gasteiger partial charge on any atom is 0.405 e. The first-order valence-corrected chi connectivity index (χ1v) is 6.17. The molecule has 1 aliphatic rings. The zero-order valence-corrected chi connectivity index (χ0v) is 10.9. The second kappa shape index (κ2) is 5.80. The van der Waals surface area contributed by atoms with Gasteiger partial charge in [0.05, 0.1) is 12.1 Å². The van der Waals surface area contributed by atoms with Gasteiger partial charge in [0.2, 0.25) is 0 Å². The van der Waals surface area contributed by atoms with Gasteiger partial charge in [-0.1, -0.05) is 18.2 Å². The number of hydrogen-bond acceptors (Lipinski definition) is 4. The van der Waals surface area contributed by atoms with Gasteiger partial charge in [-0.25, -0.2) is 4.79 Å². The van der Waals surface area contributed by atoms with Crippen molar-refractivity contribution >= 4 is 5.97 Å². The standard InChI is InChI=1S/C13H15F3N2O2/c1-17-7-8-18(9-11(17)13(14,15)16)20-12(19)10-5-3-2-4-6-10/h2-6,11H,7-9H2,1H3. The van der Waals surface area contributed by atoms with E-state index in [1.165, 1.54) is 11.9 Å². The SMILES string of the molecule is CN1CCN(OC(=O)c2ccccc2)CC1C(F)(F)F. The van der Waals surface area contributed by atoms with Crippen LogP contribution in [0.5, 0.6) is 0 Å². The van der Waals surface area contributed by atoms with E-state index in [2.05, 4.69) is 0 Å². The molecular weight excluding hydrogens is 273 g/mol. The third-order valence-corrected chi connectivity index (χ3v) is 3.21. The fourth-order valence-corrected chi connectivity index (χ4v) is 2.03. The molecule has 110 valence electrons. The van der Waals surface area contributed by atoms with E-state index in [-0.39, 0.29) is 19.6 Å². The molecule has 0 aromatic heterocycles. The predicted molar refractivity (Wildman–Crippen MR) is 65.9 cm³/mol. The molecule has 0 bridgehead atoms. The largest absolute Gasteiger partial charge is 0.405 e. The molecule has 1 heterocycles. The van der Waals surface area contributed by atoms with Gasteiger partial charge in [0.25, 0.3) is 0 Å². The summed E-state index contributed by atoms with van der Waals surface area (Å²) in [5.74, 6) is -0.643. The lowest BCUT2D eigenvalue weighted by Gasteiger charge is -2.38. The normalized spacial score (nSPS) is 21.7. The van der Waals surface area contributed by atoms with Crippen LogP contribution in [0.25, 0.3) is 0 Å². The molecule has 0 radical (unpaired) electrons. The number of hydroxylamine groups is 2. The second-order valence-corrected chi connectivity index (χ2v) is 4.67. The van der Waals surface area contributed by atoms with E-state index in [9.17, 15) is 18.0 Å². The summed E-state index contributed by atoms with van der Waals surface area (Å²) in [6, 6.07) is 6.56. The van der Waals surface area contributed by atoms with Crippen molar-refractivity contribution < 1.29 is 22.8 Å². The number of benzene rings is 1. The quantitative estimate of drug-likeness (QED) is 0.832. The minimum absolute atomic E-state index is 0.187. The highest BCUT2D eigenvalue weighted by atomic mass is 19.4. The molecule has 1 aromatic rings. The van der Waals surface area contributed by atoms with Gasteiger partial charge in [-0.2, -0.15) is 13.2 Å². The number of hydrogen-bond donors (Lipinski definition) is 0. The third kappa shape index (κ3) is 3.49. The second-order valence-electron chi connectivity index (χ2n) is 4.67. The van der Waals surface area contributed by atoms with Crippen molar-refractivity contribution in [1.29, 1.82) is 0 Å². The first-order valence-electron chi connectivity index (χ1n) is 6.17. The van der Waals surface area contributed by atoms with Gasteiger partial charge in [0, 0.05) is 13.1 Å². The summed E-state index contributed by atoms with van der Waals surface area (Å²) in [6.45, 7) is 0.0620. The Morgan fingerprint density at radius 3 is 2.50 bits per heavy atom. The zero-order chi connectivity index (χ0) is 14.8. The Labute approximate surface area is 114 Å². The number of rotatable bonds is 2. The number of carbonyl (C=O) groups is 1. The van der Waals surface area contributed by atoms with Gasteiger partial charge >= 0.3 is 12.1 Å². The summed E-state index contributed by atoms with van der Waals surface area (Å²) in [5.41, 5.74) is 0.315. The molecule has 0 saturated carbocycles. The summed E-state index contributed by atoms with van der Waals surface area (Å²) < 4.78 is 38.4. The fourth-order valence-electron chi connectivity index (χ4n) is 2.03. The van der Waals surface area contributed by atoms with Gasteiger partial charge < -0.3 is 4.84 Å². The molecule has 4 nitrogen and oxygen atoms in total. The van der Waals surface area contributed by atoms with Crippen LogP contribution in [0.15, 0.2) is 30.3 Å². The number of halogens is 3. The topological polar surface area (TPSA) is 32.8 Å². The van der Waals surface area contributed by atoms with Crippen LogP contribution in [-0.4, -0.2) is 54.8 Å². The zero-order valence-electron chi connectivity index (χ0n) is 10.9. The highest BCUT2D eigenvalue weighted by Crippen LogP contribution is 2.27. The van der Waals surface area contributed by atoms with Gasteiger partial charge in [-0.15, -0.1) is 5.06 Å². The average molecular weight is 288 g/mol. The van der Waals surface area contributed by atoms with Crippen LogP contribution in [0.2, 0.25) is 0 Å². The summed E-state index contributed by atoms with van der Waals surface area (Å²) in [5, 5.41) is 1.08. The smallest absolute Gasteiger partial charge is 0.364 e. The van der Waals surface area contributed by atoms with Crippen LogP contribution in [0.4, 0.5) is 13.2 Å². The van der Waals surface area contributed by atoms with Crippen molar-refractivity contribution in [1.82, 2.24) is 9.96 Å². The number of alkyl halides is 3. The maximum absolute atomic E-state index is 12.8. The molecule has 1 unspecified atom stereocenters. The van der Waals surface area contributed by atoms with Crippen LogP contribution in [-0.2, 0) is 4.84 Å².